The van der Waals surface area contributed by atoms with Gasteiger partial charge in [-0.1, -0.05) is 48.6 Å². The molecule has 0 spiro atoms. The predicted molar refractivity (Wildman–Crippen MR) is 52.5 cm³/mol. The first-order valence-corrected chi connectivity index (χ1v) is 3.78. The lowest BCUT2D eigenvalue weighted by molar-refractivity contribution is 1.28. The quantitative estimate of drug-likeness (QED) is 0.534. The molecule has 0 fully saturated rings. The summed E-state index contributed by atoms with van der Waals surface area (Å²) in [7, 11) is 0. The summed E-state index contributed by atoms with van der Waals surface area (Å²) in [6.07, 6.45) is 8.92. The summed E-state index contributed by atoms with van der Waals surface area (Å²) < 4.78 is 0. The van der Waals surface area contributed by atoms with Gasteiger partial charge in [0.2, 0.25) is 0 Å². The van der Waals surface area contributed by atoms with E-state index in [0.29, 0.717) is 0 Å². The van der Waals surface area contributed by atoms with Gasteiger partial charge in [0.05, 0.1) is 0 Å². The van der Waals surface area contributed by atoms with Crippen LogP contribution in [0.5, 0.6) is 0 Å². The molecule has 0 rings (SSSR count). The van der Waals surface area contributed by atoms with Crippen molar-refractivity contribution in [1.29, 1.82) is 0 Å². The van der Waals surface area contributed by atoms with E-state index >= 15 is 0 Å². The molecule has 0 bridgehead atoms. The second-order valence-electron chi connectivity index (χ2n) is 2.57. The molecule has 0 saturated heterocycles. The van der Waals surface area contributed by atoms with Crippen LogP contribution in [0, 0.1) is 0 Å². The van der Waals surface area contributed by atoms with E-state index in [9.17, 15) is 0 Å². The molecule has 0 atom stereocenters. The van der Waals surface area contributed by atoms with Gasteiger partial charge in [-0.25, -0.2) is 0 Å². The van der Waals surface area contributed by atoms with Crippen molar-refractivity contribution in [1.82, 2.24) is 0 Å². The van der Waals surface area contributed by atoms with Crippen molar-refractivity contribution in [3.05, 3.63) is 48.6 Å². The van der Waals surface area contributed by atoms with Crippen LogP contribution >= 0.6 is 0 Å². The topological polar surface area (TPSA) is 0 Å². The van der Waals surface area contributed by atoms with Gasteiger partial charge in [-0.2, -0.15) is 0 Å². The highest BCUT2D eigenvalue weighted by Gasteiger charge is 1.85. The van der Waals surface area contributed by atoms with Crippen LogP contribution in [0.1, 0.15) is 20.3 Å². The second kappa shape index (κ2) is 5.72. The monoisotopic (exact) mass is 148 g/mol. The summed E-state index contributed by atoms with van der Waals surface area (Å²) in [5, 5.41) is 0. The summed E-state index contributed by atoms with van der Waals surface area (Å²) in [5.74, 6) is 0. The van der Waals surface area contributed by atoms with Crippen LogP contribution in [0.25, 0.3) is 0 Å². The van der Waals surface area contributed by atoms with Crippen molar-refractivity contribution in [2.45, 2.75) is 20.3 Å². The first kappa shape index (κ1) is 9.96. The molecule has 0 saturated carbocycles. The van der Waals surface area contributed by atoms with Gasteiger partial charge in [0.25, 0.3) is 0 Å². The molecule has 0 aromatic heterocycles. The maximum absolute atomic E-state index is 3.84. The van der Waals surface area contributed by atoms with E-state index in [-0.39, 0.29) is 0 Å². The molecule has 0 unspecified atom stereocenters. The Morgan fingerprint density at radius 2 is 2.00 bits per heavy atom. The number of hydrogen-bond acceptors (Lipinski definition) is 0. The van der Waals surface area contributed by atoms with E-state index in [0.717, 1.165) is 12.0 Å². The highest BCUT2D eigenvalue weighted by atomic mass is 13.9. The molecule has 0 aromatic rings. The molecular formula is C11H16. The van der Waals surface area contributed by atoms with E-state index in [2.05, 4.69) is 32.2 Å². The van der Waals surface area contributed by atoms with Crippen molar-refractivity contribution in [2.75, 3.05) is 0 Å². The molecule has 0 nitrogen and oxygen atoms in total. The average Bonchev–Trinajstić information content (AvgIpc) is 1.97. The molecule has 0 aromatic carbocycles. The van der Waals surface area contributed by atoms with E-state index in [1.165, 1.54) is 5.57 Å². The Hall–Kier alpha value is -1.04. The van der Waals surface area contributed by atoms with Crippen LogP contribution in [0.2, 0.25) is 0 Å². The molecule has 0 heterocycles. The largest absolute Gasteiger partial charge is 0.0991 e. The van der Waals surface area contributed by atoms with Gasteiger partial charge in [-0.15, -0.1) is 0 Å². The van der Waals surface area contributed by atoms with Crippen LogP contribution in [0.4, 0.5) is 0 Å². The first-order chi connectivity index (χ1) is 5.18. The summed E-state index contributed by atoms with van der Waals surface area (Å²) in [5.41, 5.74) is 2.40. The number of allylic oxidation sites excluding steroid dienone is 6. The highest BCUT2D eigenvalue weighted by Crippen LogP contribution is 2.05. The zero-order chi connectivity index (χ0) is 8.69. The molecule has 0 amide bonds. The standard InChI is InChI=1S/C11H16/c1-5-6-7-8-9-11(4)10(2)3/h5-7,9H,1-2,8H2,3-4H3. The Bertz CT molecular complexity index is 192. The van der Waals surface area contributed by atoms with E-state index in [4.69, 9.17) is 0 Å². The van der Waals surface area contributed by atoms with E-state index < -0.39 is 0 Å². The molecule has 0 aliphatic rings. The van der Waals surface area contributed by atoms with Gasteiger partial charge >= 0.3 is 0 Å². The maximum atomic E-state index is 3.84. The van der Waals surface area contributed by atoms with Crippen molar-refractivity contribution in [3.63, 3.8) is 0 Å². The lowest BCUT2D eigenvalue weighted by Crippen LogP contribution is -1.74. The lowest BCUT2D eigenvalue weighted by atomic mass is 10.1. The van der Waals surface area contributed by atoms with Gasteiger partial charge in [0, 0.05) is 0 Å². The van der Waals surface area contributed by atoms with E-state index in [1.54, 1.807) is 6.08 Å². The molecule has 60 valence electrons. The molecule has 0 aliphatic heterocycles. The third-order valence-corrected chi connectivity index (χ3v) is 1.51. The van der Waals surface area contributed by atoms with Gasteiger partial charge < -0.3 is 0 Å². The zero-order valence-electron chi connectivity index (χ0n) is 7.43. The minimum atomic E-state index is 0.963. The molecule has 11 heavy (non-hydrogen) atoms. The van der Waals surface area contributed by atoms with Crippen LogP contribution in [0.3, 0.4) is 0 Å². The number of rotatable bonds is 4. The fourth-order valence-electron chi connectivity index (χ4n) is 0.594. The van der Waals surface area contributed by atoms with Gasteiger partial charge in [0.1, 0.15) is 0 Å². The Kier molecular flexibility index (Phi) is 5.18. The van der Waals surface area contributed by atoms with Gasteiger partial charge in [0.15, 0.2) is 0 Å². The van der Waals surface area contributed by atoms with Crippen molar-refractivity contribution in [2.24, 2.45) is 0 Å². The van der Waals surface area contributed by atoms with Crippen LogP contribution in [-0.2, 0) is 0 Å². The minimum Gasteiger partial charge on any atom is -0.0991 e. The van der Waals surface area contributed by atoms with Crippen molar-refractivity contribution in [3.8, 4) is 0 Å². The SMILES string of the molecule is C=CC=CCC=C(C)C(=C)C. The summed E-state index contributed by atoms with van der Waals surface area (Å²) in [4.78, 5) is 0. The average molecular weight is 148 g/mol. The third kappa shape index (κ3) is 5.41. The van der Waals surface area contributed by atoms with Crippen molar-refractivity contribution >= 4 is 0 Å². The molecule has 0 aliphatic carbocycles. The summed E-state index contributed by atoms with van der Waals surface area (Å²) in [6.45, 7) is 11.5. The fourth-order valence-corrected chi connectivity index (χ4v) is 0.594. The van der Waals surface area contributed by atoms with E-state index in [1.807, 2.05) is 13.0 Å². The van der Waals surface area contributed by atoms with Gasteiger partial charge in [-0.3, -0.25) is 0 Å². The van der Waals surface area contributed by atoms with Gasteiger partial charge in [-0.05, 0) is 20.3 Å². The third-order valence-electron chi connectivity index (χ3n) is 1.51. The zero-order valence-corrected chi connectivity index (χ0v) is 7.43. The predicted octanol–water partition coefficient (Wildman–Crippen LogP) is 3.64. The Labute approximate surface area is 69.6 Å². The molecular weight excluding hydrogens is 132 g/mol. The molecule has 0 N–H and O–H groups in total. The highest BCUT2D eigenvalue weighted by molar-refractivity contribution is 5.24. The van der Waals surface area contributed by atoms with Crippen LogP contribution in [0.15, 0.2) is 48.6 Å². The second-order valence-corrected chi connectivity index (χ2v) is 2.57. The minimum absolute atomic E-state index is 0.963. The van der Waals surface area contributed by atoms with Crippen LogP contribution in [-0.4, -0.2) is 0 Å². The fraction of sp³-hybridized carbons (Fsp3) is 0.273. The maximum Gasteiger partial charge on any atom is -0.0160 e. The number of hydrogen-bond donors (Lipinski definition) is 0. The summed E-state index contributed by atoms with van der Waals surface area (Å²) in [6, 6.07) is 0. The molecule has 0 radical (unpaired) electrons. The Morgan fingerprint density at radius 3 is 2.45 bits per heavy atom. The van der Waals surface area contributed by atoms with Crippen molar-refractivity contribution < 1.29 is 0 Å². The smallest absolute Gasteiger partial charge is 0.0160 e. The lowest BCUT2D eigenvalue weighted by Gasteiger charge is -1.95. The molecule has 0 heteroatoms. The Balaban J connectivity index is 3.83. The van der Waals surface area contributed by atoms with Crippen LogP contribution < -0.4 is 0 Å². The summed E-state index contributed by atoms with van der Waals surface area (Å²) >= 11 is 0. The normalized spacial score (nSPS) is 12.0. The first-order valence-electron chi connectivity index (χ1n) is 3.78. The Morgan fingerprint density at radius 1 is 1.36 bits per heavy atom.